The Bertz CT molecular complexity index is 1450. The summed E-state index contributed by atoms with van der Waals surface area (Å²) in [5.41, 5.74) is 0.298. The quantitative estimate of drug-likeness (QED) is 0.300. The molecule has 222 valence electrons. The van der Waals surface area contributed by atoms with Gasteiger partial charge in [0.05, 0.1) is 5.56 Å². The molecular weight excluding hydrogens is 552 g/mol. The van der Waals surface area contributed by atoms with Crippen molar-refractivity contribution in [3.8, 4) is 11.5 Å². The summed E-state index contributed by atoms with van der Waals surface area (Å²) >= 11 is 0. The zero-order chi connectivity index (χ0) is 29.9. The molecule has 0 unspecified atom stereocenters. The van der Waals surface area contributed by atoms with Gasteiger partial charge in [0.2, 0.25) is 5.91 Å². The Balaban J connectivity index is 1.23. The van der Waals surface area contributed by atoms with Crippen LogP contribution in [0.3, 0.4) is 0 Å². The molecule has 1 amide bonds. The second-order valence-electron chi connectivity index (χ2n) is 10.7. The monoisotopic (exact) mass is 584 g/mol. The molecule has 7 nitrogen and oxygen atoms in total. The van der Waals surface area contributed by atoms with Crippen molar-refractivity contribution >= 4 is 23.2 Å². The van der Waals surface area contributed by atoms with Gasteiger partial charge in [-0.05, 0) is 66.9 Å². The molecule has 1 aliphatic heterocycles. The third-order valence-electron chi connectivity index (χ3n) is 7.45. The Kier molecular flexibility index (Phi) is 8.77. The molecular formula is C31H32F4N4O3. The van der Waals surface area contributed by atoms with Gasteiger partial charge in [0, 0.05) is 62.9 Å². The molecule has 1 aromatic heterocycles. The number of halogens is 4. The molecule has 3 aromatic rings. The van der Waals surface area contributed by atoms with E-state index in [-0.39, 0.29) is 47.5 Å². The summed E-state index contributed by atoms with van der Waals surface area (Å²) in [5, 5.41) is 2.70. The number of ether oxygens (including phenoxy) is 1. The lowest BCUT2D eigenvalue weighted by atomic mass is 9.99. The highest BCUT2D eigenvalue weighted by atomic mass is 19.4. The number of piperazine rings is 1. The first-order valence-electron chi connectivity index (χ1n) is 14.0. The first kappa shape index (κ1) is 29.5. The second kappa shape index (κ2) is 12.5. The zero-order valence-electron chi connectivity index (χ0n) is 23.2. The van der Waals surface area contributed by atoms with E-state index >= 15 is 0 Å². The third-order valence-corrected chi connectivity index (χ3v) is 7.45. The maximum atomic E-state index is 14.9. The number of nitrogens with zero attached hydrogens (tertiary/aromatic N) is 3. The van der Waals surface area contributed by atoms with Crippen molar-refractivity contribution in [3.63, 3.8) is 0 Å². The van der Waals surface area contributed by atoms with E-state index in [1.165, 1.54) is 36.5 Å². The molecule has 42 heavy (non-hydrogen) atoms. The lowest BCUT2D eigenvalue weighted by molar-refractivity contribution is -0.137. The molecule has 1 saturated heterocycles. The number of ketones is 1. The van der Waals surface area contributed by atoms with Gasteiger partial charge >= 0.3 is 6.18 Å². The van der Waals surface area contributed by atoms with E-state index < -0.39 is 17.6 Å². The fourth-order valence-corrected chi connectivity index (χ4v) is 4.94. The van der Waals surface area contributed by atoms with E-state index in [1.807, 2.05) is 11.8 Å². The normalized spacial score (nSPS) is 15.9. The second-order valence-corrected chi connectivity index (χ2v) is 10.7. The van der Waals surface area contributed by atoms with Crippen LogP contribution in [0, 0.1) is 11.7 Å². The largest absolute Gasteiger partial charge is 0.454 e. The lowest BCUT2D eigenvalue weighted by Crippen LogP contribution is -2.46. The van der Waals surface area contributed by atoms with Crippen molar-refractivity contribution in [2.24, 2.45) is 5.92 Å². The Morgan fingerprint density at radius 1 is 0.976 bits per heavy atom. The molecule has 0 bridgehead atoms. The molecule has 2 aliphatic rings. The van der Waals surface area contributed by atoms with Crippen LogP contribution in [0.5, 0.6) is 11.5 Å². The average Bonchev–Trinajstić information content (AvgIpc) is 3.80. The van der Waals surface area contributed by atoms with Crippen molar-refractivity contribution in [3.05, 3.63) is 77.2 Å². The molecule has 5 rings (SSSR count). The first-order valence-corrected chi connectivity index (χ1v) is 14.0. The van der Waals surface area contributed by atoms with Gasteiger partial charge in [0.25, 0.3) is 0 Å². The minimum Gasteiger partial charge on any atom is -0.454 e. The van der Waals surface area contributed by atoms with Crippen LogP contribution in [0.2, 0.25) is 0 Å². The minimum absolute atomic E-state index is 0.00131. The van der Waals surface area contributed by atoms with Crippen LogP contribution in [0.25, 0.3) is 0 Å². The van der Waals surface area contributed by atoms with Gasteiger partial charge in [-0.3, -0.25) is 9.59 Å². The summed E-state index contributed by atoms with van der Waals surface area (Å²) in [7, 11) is 0. The third kappa shape index (κ3) is 7.64. The molecule has 2 heterocycles. The number of likely N-dealkylation sites (N-methyl/N-ethyl adjacent to an activating group) is 1. The number of carbonyl (C=O) groups is 2. The number of amides is 1. The van der Waals surface area contributed by atoms with Crippen LogP contribution in [0.15, 0.2) is 54.7 Å². The number of nitrogens with one attached hydrogen (secondary N) is 1. The van der Waals surface area contributed by atoms with Gasteiger partial charge < -0.3 is 19.9 Å². The van der Waals surface area contributed by atoms with Crippen LogP contribution in [0.1, 0.15) is 36.5 Å². The van der Waals surface area contributed by atoms with E-state index in [1.54, 1.807) is 6.07 Å². The fraction of sp³-hybridized carbons (Fsp3) is 0.387. The van der Waals surface area contributed by atoms with Crippen LogP contribution in [-0.4, -0.2) is 54.3 Å². The SMILES string of the molecule is CCN1CCN(c2cc(CC(=O)Cc3ccc(Oc4ccnc(NC(=O)C5CC5)c4)c(F)c3)cc(C(F)(F)F)c2)CC1. The number of benzene rings is 2. The predicted molar refractivity (Wildman–Crippen MR) is 150 cm³/mol. The predicted octanol–water partition coefficient (Wildman–Crippen LogP) is 5.88. The molecule has 1 saturated carbocycles. The van der Waals surface area contributed by atoms with E-state index in [2.05, 4.69) is 15.2 Å². The topological polar surface area (TPSA) is 74.8 Å². The summed E-state index contributed by atoms with van der Waals surface area (Å²) in [5.74, 6) is -0.661. The Morgan fingerprint density at radius 3 is 2.38 bits per heavy atom. The molecule has 0 atom stereocenters. The molecule has 1 aliphatic carbocycles. The summed E-state index contributed by atoms with van der Waals surface area (Å²) in [6.45, 7) is 5.65. The van der Waals surface area contributed by atoms with Gasteiger partial charge in [0.15, 0.2) is 11.6 Å². The molecule has 2 fully saturated rings. The number of alkyl halides is 3. The highest BCUT2D eigenvalue weighted by Crippen LogP contribution is 2.34. The van der Waals surface area contributed by atoms with Crippen molar-refractivity contribution < 1.29 is 31.9 Å². The molecule has 2 aromatic carbocycles. The van der Waals surface area contributed by atoms with E-state index in [9.17, 15) is 27.2 Å². The number of aromatic nitrogens is 1. The van der Waals surface area contributed by atoms with E-state index in [4.69, 9.17) is 4.74 Å². The molecule has 11 heteroatoms. The van der Waals surface area contributed by atoms with Crippen LogP contribution in [0.4, 0.5) is 29.1 Å². The summed E-state index contributed by atoms with van der Waals surface area (Å²) in [4.78, 5) is 33.1. The Morgan fingerprint density at radius 2 is 1.71 bits per heavy atom. The zero-order valence-corrected chi connectivity index (χ0v) is 23.2. The maximum absolute atomic E-state index is 14.9. The summed E-state index contributed by atoms with van der Waals surface area (Å²) < 4.78 is 61.5. The Labute approximate surface area is 241 Å². The van der Waals surface area contributed by atoms with Crippen molar-refractivity contribution in [1.82, 2.24) is 9.88 Å². The molecule has 0 radical (unpaired) electrons. The van der Waals surface area contributed by atoms with Crippen LogP contribution < -0.4 is 15.0 Å². The van der Waals surface area contributed by atoms with E-state index in [0.29, 0.717) is 30.2 Å². The smallest absolute Gasteiger partial charge is 0.416 e. The number of pyridine rings is 1. The number of anilines is 2. The molecule has 1 N–H and O–H groups in total. The van der Waals surface area contributed by atoms with Crippen molar-refractivity contribution in [2.75, 3.05) is 42.9 Å². The summed E-state index contributed by atoms with van der Waals surface area (Å²) in [6, 6.07) is 10.9. The van der Waals surface area contributed by atoms with Gasteiger partial charge in [-0.25, -0.2) is 9.37 Å². The number of Topliss-reactive ketones (excluding diaryl/α,β-unsaturated/α-hetero) is 1. The number of carbonyl (C=O) groups excluding carboxylic acids is 2. The van der Waals surface area contributed by atoms with Gasteiger partial charge in [0.1, 0.15) is 17.4 Å². The fourth-order valence-electron chi connectivity index (χ4n) is 4.94. The van der Waals surface area contributed by atoms with Crippen molar-refractivity contribution in [1.29, 1.82) is 0 Å². The highest BCUT2D eigenvalue weighted by molar-refractivity contribution is 5.93. The highest BCUT2D eigenvalue weighted by Gasteiger charge is 2.32. The lowest BCUT2D eigenvalue weighted by Gasteiger charge is -2.36. The number of hydrogen-bond donors (Lipinski definition) is 1. The number of rotatable bonds is 10. The van der Waals surface area contributed by atoms with E-state index in [0.717, 1.165) is 44.6 Å². The van der Waals surface area contributed by atoms with Crippen molar-refractivity contribution in [2.45, 2.75) is 38.8 Å². The van der Waals surface area contributed by atoms with Gasteiger partial charge in [-0.15, -0.1) is 0 Å². The number of hydrogen-bond acceptors (Lipinski definition) is 6. The molecule has 0 spiro atoms. The van der Waals surface area contributed by atoms with Gasteiger partial charge in [-0.1, -0.05) is 13.0 Å². The van der Waals surface area contributed by atoms with Crippen LogP contribution in [-0.2, 0) is 28.6 Å². The van der Waals surface area contributed by atoms with Gasteiger partial charge in [-0.2, -0.15) is 13.2 Å². The maximum Gasteiger partial charge on any atom is 0.416 e. The average molecular weight is 585 g/mol. The Hall–Kier alpha value is -3.99. The first-order chi connectivity index (χ1) is 20.1. The minimum atomic E-state index is -4.55. The summed E-state index contributed by atoms with van der Waals surface area (Å²) in [6.07, 6.45) is -1.77. The standard InChI is InChI=1S/C31H32F4N4O3/c1-2-38-9-11-39(12-10-38)24-14-21(13-23(18-24)31(33,34)35)16-25(40)15-20-3-6-28(27(32)17-20)42-26-7-8-36-29(19-26)37-30(41)22-4-5-22/h3,6-8,13-14,17-19,22H,2,4-5,9-12,15-16H2,1H3,(H,36,37,41). The van der Waals surface area contributed by atoms with Crippen LogP contribution >= 0.6 is 0 Å².